The van der Waals surface area contributed by atoms with Crippen molar-refractivity contribution in [1.82, 2.24) is 5.32 Å². The smallest absolute Gasteiger partial charge is 0.239 e. The molecule has 0 aromatic heterocycles. The van der Waals surface area contributed by atoms with Gasteiger partial charge in [0.25, 0.3) is 0 Å². The predicted molar refractivity (Wildman–Crippen MR) is 93.0 cm³/mol. The van der Waals surface area contributed by atoms with Crippen molar-refractivity contribution in [3.05, 3.63) is 29.8 Å². The molecule has 0 saturated heterocycles. The molecule has 0 aliphatic carbocycles. The second kappa shape index (κ2) is 6.75. The summed E-state index contributed by atoms with van der Waals surface area (Å²) in [5, 5.41) is 5.63. The second-order valence-electron chi connectivity index (χ2n) is 5.91. The van der Waals surface area contributed by atoms with Crippen molar-refractivity contribution in [1.29, 1.82) is 0 Å². The maximum Gasteiger partial charge on any atom is 0.239 e. The molecule has 0 fully saturated rings. The first-order chi connectivity index (χ1) is 9.51. The highest BCUT2D eigenvalue weighted by Gasteiger charge is 2.24. The van der Waals surface area contributed by atoms with Crippen LogP contribution in [-0.2, 0) is 16.1 Å². The molecule has 0 spiro atoms. The zero-order valence-corrected chi connectivity index (χ0v) is 14.5. The van der Waals surface area contributed by atoms with E-state index in [-0.39, 0.29) is 11.8 Å². The summed E-state index contributed by atoms with van der Waals surface area (Å²) < 4.78 is -1.52. The highest BCUT2D eigenvalue weighted by atomic mass is 32.1. The number of hydrogen-bond acceptors (Lipinski definition) is 4. The molecular formula is C15H22N2O2S2. The number of amides is 2. The van der Waals surface area contributed by atoms with Crippen LogP contribution in [0, 0.1) is 0 Å². The fraction of sp³-hybridized carbons (Fsp3) is 0.467. The van der Waals surface area contributed by atoms with Gasteiger partial charge in [0.1, 0.15) is 0 Å². The standard InChI is InChI=1S/C15H22N2O2S2/c1-14(2,20)12(18)16-9-10-7-5-6-8-11(10)17-13(19)15(3,4)21/h5-8,20-21H,9H2,1-4H3,(H,16,18)(H,17,19). The number of benzene rings is 1. The molecule has 6 heteroatoms. The third kappa shape index (κ3) is 5.63. The van der Waals surface area contributed by atoms with Gasteiger partial charge in [0, 0.05) is 12.2 Å². The van der Waals surface area contributed by atoms with Gasteiger partial charge < -0.3 is 10.6 Å². The zero-order chi connectivity index (χ0) is 16.3. The van der Waals surface area contributed by atoms with Crippen LogP contribution in [0.15, 0.2) is 24.3 Å². The van der Waals surface area contributed by atoms with E-state index in [1.165, 1.54) is 0 Å². The Bertz CT molecular complexity index is 531. The van der Waals surface area contributed by atoms with Crippen LogP contribution in [0.3, 0.4) is 0 Å². The first kappa shape index (κ1) is 17.9. The third-order valence-electron chi connectivity index (χ3n) is 2.82. The van der Waals surface area contributed by atoms with E-state index in [2.05, 4.69) is 35.9 Å². The average Bonchev–Trinajstić information content (AvgIpc) is 2.35. The van der Waals surface area contributed by atoms with Crippen molar-refractivity contribution in [2.24, 2.45) is 0 Å². The zero-order valence-electron chi connectivity index (χ0n) is 12.7. The number of hydrogen-bond donors (Lipinski definition) is 4. The highest BCUT2D eigenvalue weighted by Crippen LogP contribution is 2.20. The number of thiol groups is 2. The number of rotatable bonds is 5. The van der Waals surface area contributed by atoms with Crippen LogP contribution in [0.4, 0.5) is 5.69 Å². The second-order valence-corrected chi connectivity index (χ2v) is 8.15. The molecule has 0 atom stereocenters. The summed E-state index contributed by atoms with van der Waals surface area (Å²) in [6.07, 6.45) is 0. The molecule has 116 valence electrons. The molecule has 0 heterocycles. The van der Waals surface area contributed by atoms with Gasteiger partial charge in [-0.3, -0.25) is 9.59 Å². The minimum Gasteiger partial charge on any atom is -0.351 e. The molecule has 21 heavy (non-hydrogen) atoms. The van der Waals surface area contributed by atoms with Gasteiger partial charge in [-0.05, 0) is 39.3 Å². The van der Waals surface area contributed by atoms with E-state index < -0.39 is 9.49 Å². The first-order valence-electron chi connectivity index (χ1n) is 6.64. The van der Waals surface area contributed by atoms with Gasteiger partial charge in [0.2, 0.25) is 11.8 Å². The summed E-state index contributed by atoms with van der Waals surface area (Å²) in [4.78, 5) is 23.8. The van der Waals surface area contributed by atoms with Crippen LogP contribution in [0.1, 0.15) is 33.3 Å². The van der Waals surface area contributed by atoms with Crippen LogP contribution in [-0.4, -0.2) is 21.3 Å². The minimum absolute atomic E-state index is 0.165. The summed E-state index contributed by atoms with van der Waals surface area (Å²) in [6.45, 7) is 7.22. The fourth-order valence-electron chi connectivity index (χ4n) is 1.46. The van der Waals surface area contributed by atoms with E-state index in [4.69, 9.17) is 0 Å². The van der Waals surface area contributed by atoms with Crippen molar-refractivity contribution in [2.45, 2.75) is 43.7 Å². The Morgan fingerprint density at radius 2 is 1.52 bits per heavy atom. The van der Waals surface area contributed by atoms with E-state index in [1.54, 1.807) is 33.8 Å². The van der Waals surface area contributed by atoms with Gasteiger partial charge in [0.05, 0.1) is 9.49 Å². The molecule has 0 saturated carbocycles. The molecule has 0 aliphatic rings. The Balaban J connectivity index is 2.81. The van der Waals surface area contributed by atoms with Gasteiger partial charge in [-0.15, -0.1) is 0 Å². The summed E-state index contributed by atoms with van der Waals surface area (Å²) in [5.41, 5.74) is 1.50. The molecule has 1 aromatic rings. The van der Waals surface area contributed by atoms with Gasteiger partial charge >= 0.3 is 0 Å². The van der Waals surface area contributed by atoms with Crippen LogP contribution < -0.4 is 10.6 Å². The molecule has 2 amide bonds. The fourth-order valence-corrected chi connectivity index (χ4v) is 1.60. The Hall–Kier alpha value is -1.14. The predicted octanol–water partition coefficient (Wildman–Crippen LogP) is 2.66. The SMILES string of the molecule is CC(C)(S)C(=O)NCc1ccccc1NC(=O)C(C)(C)S. The van der Waals surface area contributed by atoms with E-state index in [1.807, 2.05) is 18.2 Å². The molecule has 0 bridgehead atoms. The van der Waals surface area contributed by atoms with Crippen LogP contribution in [0.25, 0.3) is 0 Å². The monoisotopic (exact) mass is 326 g/mol. The van der Waals surface area contributed by atoms with Crippen molar-refractivity contribution >= 4 is 42.8 Å². The molecule has 1 rings (SSSR count). The van der Waals surface area contributed by atoms with E-state index >= 15 is 0 Å². The molecule has 2 N–H and O–H groups in total. The van der Waals surface area contributed by atoms with Gasteiger partial charge in [0.15, 0.2) is 0 Å². The topological polar surface area (TPSA) is 58.2 Å². The number of carbonyl (C=O) groups is 2. The third-order valence-corrected chi connectivity index (χ3v) is 3.22. The van der Waals surface area contributed by atoms with Crippen molar-refractivity contribution in [2.75, 3.05) is 5.32 Å². The lowest BCUT2D eigenvalue weighted by Crippen LogP contribution is -2.38. The van der Waals surface area contributed by atoms with Crippen LogP contribution >= 0.6 is 25.3 Å². The van der Waals surface area contributed by atoms with Gasteiger partial charge in [-0.25, -0.2) is 0 Å². The highest BCUT2D eigenvalue weighted by molar-refractivity contribution is 7.82. The van der Waals surface area contributed by atoms with Crippen LogP contribution in [0.2, 0.25) is 0 Å². The average molecular weight is 326 g/mol. The Kier molecular flexibility index (Phi) is 5.75. The lowest BCUT2D eigenvalue weighted by Gasteiger charge is -2.20. The molecule has 0 aliphatic heterocycles. The number of nitrogens with one attached hydrogen (secondary N) is 2. The summed E-state index contributed by atoms with van der Waals surface area (Å²) in [5.74, 6) is -0.361. The Morgan fingerprint density at radius 3 is 2.05 bits per heavy atom. The molecular weight excluding hydrogens is 304 g/mol. The number of carbonyl (C=O) groups excluding carboxylic acids is 2. The molecule has 1 aromatic carbocycles. The minimum atomic E-state index is -0.774. The van der Waals surface area contributed by atoms with Gasteiger partial charge in [-0.1, -0.05) is 18.2 Å². The Morgan fingerprint density at radius 1 is 1.00 bits per heavy atom. The van der Waals surface area contributed by atoms with E-state index in [0.717, 1.165) is 5.56 Å². The Labute approximate surface area is 136 Å². The van der Waals surface area contributed by atoms with E-state index in [9.17, 15) is 9.59 Å². The van der Waals surface area contributed by atoms with E-state index in [0.29, 0.717) is 12.2 Å². The number of anilines is 1. The maximum atomic E-state index is 12.0. The van der Waals surface area contributed by atoms with Crippen molar-refractivity contribution < 1.29 is 9.59 Å². The van der Waals surface area contributed by atoms with Crippen molar-refractivity contribution in [3.63, 3.8) is 0 Å². The lowest BCUT2D eigenvalue weighted by atomic mass is 10.1. The van der Waals surface area contributed by atoms with Gasteiger partial charge in [-0.2, -0.15) is 25.3 Å². The summed E-state index contributed by atoms with van der Waals surface area (Å²) in [7, 11) is 0. The normalized spacial score (nSPS) is 11.9. The summed E-state index contributed by atoms with van der Waals surface area (Å²) in [6, 6.07) is 7.33. The largest absolute Gasteiger partial charge is 0.351 e. The lowest BCUT2D eigenvalue weighted by molar-refractivity contribution is -0.122. The molecule has 4 nitrogen and oxygen atoms in total. The molecule has 0 unspecified atom stereocenters. The summed E-state index contributed by atoms with van der Waals surface area (Å²) >= 11 is 8.47. The van der Waals surface area contributed by atoms with Crippen molar-refractivity contribution in [3.8, 4) is 0 Å². The first-order valence-corrected chi connectivity index (χ1v) is 7.53. The maximum absolute atomic E-state index is 12.0. The molecule has 0 radical (unpaired) electrons. The quantitative estimate of drug-likeness (QED) is 0.629. The van der Waals surface area contributed by atoms with Crippen LogP contribution in [0.5, 0.6) is 0 Å². The number of para-hydroxylation sites is 1.